The summed E-state index contributed by atoms with van der Waals surface area (Å²) < 4.78 is 58.7. The summed E-state index contributed by atoms with van der Waals surface area (Å²) in [6.07, 6.45) is 3.04. The van der Waals surface area contributed by atoms with Crippen molar-refractivity contribution in [1.29, 1.82) is 5.26 Å². The van der Waals surface area contributed by atoms with Gasteiger partial charge in [0.25, 0.3) is 0 Å². The number of imidazole rings is 1. The van der Waals surface area contributed by atoms with Crippen molar-refractivity contribution in [2.24, 2.45) is 5.92 Å². The smallest absolute Gasteiger partial charge is 0.335 e. The van der Waals surface area contributed by atoms with Crippen LogP contribution in [0.1, 0.15) is 45.7 Å². The molecule has 3 aromatic carbocycles. The molecular weight excluding hydrogens is 587 g/mol. The molecule has 4 heterocycles. The number of carboxylic acids is 1. The van der Waals surface area contributed by atoms with Crippen LogP contribution >= 0.6 is 0 Å². The first-order valence-corrected chi connectivity index (χ1v) is 14.2. The average molecular weight is 612 g/mol. The van der Waals surface area contributed by atoms with Gasteiger partial charge in [0, 0.05) is 23.7 Å². The summed E-state index contributed by atoms with van der Waals surface area (Å²) in [5.41, 5.74) is 1.20. The van der Waals surface area contributed by atoms with E-state index in [4.69, 9.17) is 14.7 Å². The Morgan fingerprint density at radius 3 is 2.60 bits per heavy atom. The molecule has 1 aliphatic carbocycles. The van der Waals surface area contributed by atoms with Gasteiger partial charge in [-0.1, -0.05) is 6.07 Å². The number of aromatic nitrogens is 4. The molecule has 3 aliphatic rings. The van der Waals surface area contributed by atoms with Crippen LogP contribution in [0.2, 0.25) is 0 Å². The molecule has 12 heteroatoms. The van der Waals surface area contributed by atoms with Crippen molar-refractivity contribution in [2.75, 3.05) is 6.61 Å². The maximum absolute atomic E-state index is 15.6. The maximum Gasteiger partial charge on any atom is 0.335 e. The second-order valence-electron chi connectivity index (χ2n) is 11.4. The van der Waals surface area contributed by atoms with Gasteiger partial charge in [0.15, 0.2) is 0 Å². The number of hydrogen-bond donors (Lipinski definition) is 1. The number of carboxylic acid groups (broad SMARTS) is 1. The molecule has 0 atom stereocenters. The number of halogens is 3. The Morgan fingerprint density at radius 2 is 1.87 bits per heavy atom. The molecule has 0 amide bonds. The highest BCUT2D eigenvalue weighted by Crippen LogP contribution is 2.49. The zero-order chi connectivity index (χ0) is 31.3. The molecule has 1 N–H and O–H groups in total. The fourth-order valence-corrected chi connectivity index (χ4v) is 6.13. The Bertz CT molecular complexity index is 2030. The van der Waals surface area contributed by atoms with Crippen LogP contribution in [0, 0.1) is 34.7 Å². The molecule has 2 saturated heterocycles. The summed E-state index contributed by atoms with van der Waals surface area (Å²) in [6.45, 7) is 0.862. The van der Waals surface area contributed by atoms with Crippen molar-refractivity contribution in [2.45, 2.75) is 38.0 Å². The van der Waals surface area contributed by atoms with E-state index >= 15 is 8.78 Å². The standard InChI is InChI=1S/C33H24F3N5O4/c34-24-7-18(14-37)1-2-21(24)16-44-32-38-6-5-27(40-32)23-11-25(35)22(8-26(23)36)10-30-39-28-4-3-20(31(42)43)9-29(28)41(30)17-33-12-19(13-33)15-45-33/h1-9,11,19H,10,12-13,15-17H2,(H,42,43). The van der Waals surface area contributed by atoms with Crippen molar-refractivity contribution in [1.82, 2.24) is 19.5 Å². The van der Waals surface area contributed by atoms with Crippen LogP contribution in [-0.2, 0) is 24.3 Å². The van der Waals surface area contributed by atoms with Gasteiger partial charge >= 0.3 is 12.0 Å². The minimum atomic E-state index is -1.08. The molecular formula is C33H24F3N5O4. The topological polar surface area (TPSA) is 123 Å². The molecule has 3 fully saturated rings. The third-order valence-electron chi connectivity index (χ3n) is 8.40. The van der Waals surface area contributed by atoms with Gasteiger partial charge in [-0.25, -0.2) is 27.9 Å². The summed E-state index contributed by atoms with van der Waals surface area (Å²) in [5, 5.41) is 18.5. The highest BCUT2D eigenvalue weighted by molar-refractivity contribution is 5.92. The third kappa shape index (κ3) is 5.36. The van der Waals surface area contributed by atoms with Gasteiger partial charge in [-0.05, 0) is 72.9 Å². The lowest BCUT2D eigenvalue weighted by Crippen LogP contribution is -2.41. The van der Waals surface area contributed by atoms with Crippen LogP contribution in [0.15, 0.2) is 60.8 Å². The quantitative estimate of drug-likeness (QED) is 0.221. The Kier molecular flexibility index (Phi) is 6.97. The lowest BCUT2D eigenvalue weighted by molar-refractivity contribution is -0.0132. The number of nitrogens with zero attached hydrogens (tertiary/aromatic N) is 5. The van der Waals surface area contributed by atoms with E-state index in [9.17, 15) is 14.3 Å². The van der Waals surface area contributed by atoms with E-state index in [1.165, 1.54) is 30.5 Å². The fraction of sp³-hybridized carbons (Fsp3) is 0.242. The summed E-state index contributed by atoms with van der Waals surface area (Å²) in [5.74, 6) is -2.16. The molecule has 45 heavy (non-hydrogen) atoms. The molecule has 2 aromatic heterocycles. The van der Waals surface area contributed by atoms with Crippen LogP contribution < -0.4 is 4.74 Å². The molecule has 2 bridgehead atoms. The number of aromatic carboxylic acids is 1. The molecule has 2 aliphatic heterocycles. The van der Waals surface area contributed by atoms with E-state index in [-0.39, 0.29) is 58.2 Å². The molecule has 5 aromatic rings. The first-order chi connectivity index (χ1) is 21.7. The van der Waals surface area contributed by atoms with Gasteiger partial charge in [0.05, 0.1) is 52.7 Å². The van der Waals surface area contributed by atoms with Crippen LogP contribution in [0.25, 0.3) is 22.3 Å². The monoisotopic (exact) mass is 611 g/mol. The zero-order valence-electron chi connectivity index (χ0n) is 23.6. The predicted octanol–water partition coefficient (Wildman–Crippen LogP) is 5.83. The Balaban J connectivity index is 1.16. The van der Waals surface area contributed by atoms with Gasteiger partial charge in [0.2, 0.25) is 0 Å². The normalized spacial score (nSPS) is 18.5. The highest BCUT2D eigenvalue weighted by atomic mass is 19.1. The Morgan fingerprint density at radius 1 is 1.04 bits per heavy atom. The van der Waals surface area contributed by atoms with Gasteiger partial charge < -0.3 is 19.1 Å². The van der Waals surface area contributed by atoms with E-state index in [0.29, 0.717) is 35.9 Å². The minimum absolute atomic E-state index is 0.0477. The SMILES string of the molecule is N#Cc1ccc(COc2nccc(-c3cc(F)c(Cc4nc5ccc(C(=O)O)cc5n4CC45CC(CO4)C5)cc3F)n2)c(F)c1. The minimum Gasteiger partial charge on any atom is -0.478 e. The summed E-state index contributed by atoms with van der Waals surface area (Å²) in [6, 6.07) is 13.8. The number of fused-ring (bicyclic) bond motifs is 2. The number of benzene rings is 3. The Labute approximate surface area is 254 Å². The number of carbonyl (C=O) groups is 1. The van der Waals surface area contributed by atoms with E-state index in [1.807, 2.05) is 10.6 Å². The van der Waals surface area contributed by atoms with Crippen molar-refractivity contribution < 1.29 is 32.5 Å². The Hall–Kier alpha value is -5.28. The van der Waals surface area contributed by atoms with Crippen LogP contribution in [0.5, 0.6) is 6.01 Å². The molecule has 8 rings (SSSR count). The van der Waals surface area contributed by atoms with E-state index < -0.39 is 23.4 Å². The molecule has 1 saturated carbocycles. The lowest BCUT2D eigenvalue weighted by atomic mass is 9.74. The van der Waals surface area contributed by atoms with Crippen LogP contribution in [-0.4, -0.2) is 42.8 Å². The fourth-order valence-electron chi connectivity index (χ4n) is 6.13. The molecule has 0 unspecified atom stereocenters. The largest absolute Gasteiger partial charge is 0.478 e. The van der Waals surface area contributed by atoms with E-state index in [0.717, 1.165) is 31.0 Å². The lowest BCUT2D eigenvalue weighted by Gasteiger charge is -2.36. The molecule has 9 nitrogen and oxygen atoms in total. The van der Waals surface area contributed by atoms with Crippen molar-refractivity contribution >= 4 is 17.0 Å². The van der Waals surface area contributed by atoms with Crippen LogP contribution in [0.3, 0.4) is 0 Å². The summed E-state index contributed by atoms with van der Waals surface area (Å²) >= 11 is 0. The first-order valence-electron chi connectivity index (χ1n) is 14.2. The third-order valence-corrected chi connectivity index (χ3v) is 8.40. The second kappa shape index (κ2) is 11.0. The van der Waals surface area contributed by atoms with Gasteiger partial charge in [-0.15, -0.1) is 0 Å². The van der Waals surface area contributed by atoms with E-state index in [1.54, 1.807) is 12.1 Å². The number of nitriles is 1. The van der Waals surface area contributed by atoms with Crippen molar-refractivity contribution in [3.63, 3.8) is 0 Å². The summed E-state index contributed by atoms with van der Waals surface area (Å²) in [7, 11) is 0. The van der Waals surface area contributed by atoms with Crippen molar-refractivity contribution in [3.05, 3.63) is 106 Å². The summed E-state index contributed by atoms with van der Waals surface area (Å²) in [4.78, 5) is 24.5. The predicted molar refractivity (Wildman–Crippen MR) is 154 cm³/mol. The number of hydrogen-bond acceptors (Lipinski definition) is 7. The van der Waals surface area contributed by atoms with E-state index in [2.05, 4.69) is 15.0 Å². The van der Waals surface area contributed by atoms with Crippen LogP contribution in [0.4, 0.5) is 13.2 Å². The van der Waals surface area contributed by atoms with Crippen molar-refractivity contribution in [3.8, 4) is 23.3 Å². The average Bonchev–Trinajstić information content (AvgIpc) is 3.71. The number of ether oxygens (including phenoxy) is 2. The van der Waals surface area contributed by atoms with Gasteiger partial charge in [0.1, 0.15) is 29.9 Å². The molecule has 0 spiro atoms. The van der Waals surface area contributed by atoms with Gasteiger partial charge in [-0.2, -0.15) is 10.2 Å². The number of rotatable bonds is 9. The second-order valence-corrected chi connectivity index (χ2v) is 11.4. The highest BCUT2D eigenvalue weighted by Gasteiger charge is 2.52. The zero-order valence-corrected chi connectivity index (χ0v) is 23.6. The van der Waals surface area contributed by atoms with Gasteiger partial charge in [-0.3, -0.25) is 0 Å². The first kappa shape index (κ1) is 28.5. The maximum atomic E-state index is 15.6. The molecule has 226 valence electrons. The molecule has 0 radical (unpaired) electrons.